The maximum atomic E-state index is 12.2. The Balaban J connectivity index is 1.80. The Morgan fingerprint density at radius 1 is 1.10 bits per heavy atom. The van der Waals surface area contributed by atoms with Gasteiger partial charge in [-0.05, 0) is 56.2 Å². The topological polar surface area (TPSA) is 84.9 Å². The van der Waals surface area contributed by atoms with Crippen molar-refractivity contribution in [2.45, 2.75) is 32.7 Å². The van der Waals surface area contributed by atoms with E-state index in [0.717, 1.165) is 11.3 Å². The van der Waals surface area contributed by atoms with E-state index >= 15 is 0 Å². The van der Waals surface area contributed by atoms with Crippen molar-refractivity contribution in [1.82, 2.24) is 5.32 Å². The highest BCUT2D eigenvalue weighted by Crippen LogP contribution is 2.22. The molecule has 1 atom stereocenters. The van der Waals surface area contributed by atoms with E-state index in [0.29, 0.717) is 24.5 Å². The molecule has 30 heavy (non-hydrogen) atoms. The van der Waals surface area contributed by atoms with E-state index < -0.39 is 10.0 Å². The van der Waals surface area contributed by atoms with Crippen molar-refractivity contribution in [3.63, 3.8) is 0 Å². The molecule has 0 fully saturated rings. The number of carbonyl (C=O) groups is 1. The number of para-hydroxylation sites is 1. The predicted molar refractivity (Wildman–Crippen MR) is 119 cm³/mol. The van der Waals surface area contributed by atoms with Crippen molar-refractivity contribution < 1.29 is 22.7 Å². The second kappa shape index (κ2) is 10.9. The standard InChI is InChI=1S/C22H30N2O5S/c1-17-8-5-6-9-21(17)24(30(4,26)27)15-7-10-22(25)23-18(2)16-29-20-13-11-19(28-3)12-14-20/h5-6,8-9,11-14,18H,7,10,15-16H2,1-4H3,(H,23,25). The molecule has 1 amide bonds. The van der Waals surface area contributed by atoms with Crippen LogP contribution >= 0.6 is 0 Å². The minimum atomic E-state index is -3.43. The van der Waals surface area contributed by atoms with Crippen LogP contribution in [0.2, 0.25) is 0 Å². The zero-order valence-corrected chi connectivity index (χ0v) is 18.7. The Hall–Kier alpha value is -2.74. The molecule has 0 aromatic heterocycles. The molecule has 0 aliphatic carbocycles. The minimum absolute atomic E-state index is 0.140. The molecule has 0 aliphatic rings. The lowest BCUT2D eigenvalue weighted by molar-refractivity contribution is -0.121. The highest BCUT2D eigenvalue weighted by Gasteiger charge is 2.19. The molecule has 0 bridgehead atoms. The third-order valence-electron chi connectivity index (χ3n) is 4.52. The molecule has 0 saturated carbocycles. The summed E-state index contributed by atoms with van der Waals surface area (Å²) in [5.41, 5.74) is 1.51. The van der Waals surface area contributed by atoms with Gasteiger partial charge in [-0.15, -0.1) is 0 Å². The average molecular weight is 435 g/mol. The van der Waals surface area contributed by atoms with E-state index in [2.05, 4.69) is 5.32 Å². The summed E-state index contributed by atoms with van der Waals surface area (Å²) in [6.45, 7) is 4.30. The zero-order valence-electron chi connectivity index (χ0n) is 17.9. The fourth-order valence-electron chi connectivity index (χ4n) is 2.97. The van der Waals surface area contributed by atoms with E-state index in [1.807, 2.05) is 26.0 Å². The van der Waals surface area contributed by atoms with Crippen LogP contribution in [0.5, 0.6) is 11.5 Å². The molecular formula is C22H30N2O5S. The van der Waals surface area contributed by atoms with Gasteiger partial charge in [-0.2, -0.15) is 0 Å². The Morgan fingerprint density at radius 3 is 2.33 bits per heavy atom. The first kappa shape index (κ1) is 23.5. The number of methoxy groups -OCH3 is 1. The van der Waals surface area contributed by atoms with Gasteiger partial charge >= 0.3 is 0 Å². The number of anilines is 1. The summed E-state index contributed by atoms with van der Waals surface area (Å²) in [5.74, 6) is 1.30. The summed E-state index contributed by atoms with van der Waals surface area (Å²) in [5, 5.41) is 2.88. The molecule has 0 spiro atoms. The van der Waals surface area contributed by atoms with Crippen molar-refractivity contribution in [2.24, 2.45) is 0 Å². The SMILES string of the molecule is COc1ccc(OCC(C)NC(=O)CCCN(c2ccccc2C)S(C)(=O)=O)cc1. The number of rotatable bonds is 11. The van der Waals surface area contributed by atoms with Gasteiger partial charge in [0.15, 0.2) is 0 Å². The van der Waals surface area contributed by atoms with Crippen molar-refractivity contribution in [2.75, 3.05) is 30.8 Å². The Kier molecular flexibility index (Phi) is 8.53. The van der Waals surface area contributed by atoms with Crippen molar-refractivity contribution >= 4 is 21.6 Å². The molecule has 7 nitrogen and oxygen atoms in total. The quantitative estimate of drug-likeness (QED) is 0.587. The molecule has 1 N–H and O–H groups in total. The largest absolute Gasteiger partial charge is 0.497 e. The fourth-order valence-corrected chi connectivity index (χ4v) is 4.00. The molecule has 0 aliphatic heterocycles. The van der Waals surface area contributed by atoms with Crippen LogP contribution in [-0.2, 0) is 14.8 Å². The molecule has 2 aromatic rings. The van der Waals surface area contributed by atoms with Crippen LogP contribution in [0, 0.1) is 6.92 Å². The van der Waals surface area contributed by atoms with Crippen LogP contribution in [0.4, 0.5) is 5.69 Å². The molecule has 0 radical (unpaired) electrons. The van der Waals surface area contributed by atoms with Crippen LogP contribution < -0.4 is 19.1 Å². The smallest absolute Gasteiger partial charge is 0.232 e. The van der Waals surface area contributed by atoms with E-state index in [1.54, 1.807) is 43.5 Å². The Bertz CT molecular complexity index is 929. The summed E-state index contributed by atoms with van der Waals surface area (Å²) < 4.78 is 36.5. The number of hydrogen-bond donors (Lipinski definition) is 1. The molecular weight excluding hydrogens is 404 g/mol. The summed E-state index contributed by atoms with van der Waals surface area (Å²) in [7, 11) is -1.83. The number of nitrogens with zero attached hydrogens (tertiary/aromatic N) is 1. The van der Waals surface area contributed by atoms with Crippen molar-refractivity contribution in [3.8, 4) is 11.5 Å². The zero-order chi connectivity index (χ0) is 22.1. The lowest BCUT2D eigenvalue weighted by Gasteiger charge is -2.24. The lowest BCUT2D eigenvalue weighted by Crippen LogP contribution is -2.37. The van der Waals surface area contributed by atoms with E-state index in [4.69, 9.17) is 9.47 Å². The van der Waals surface area contributed by atoms with Gasteiger partial charge in [-0.25, -0.2) is 8.42 Å². The predicted octanol–water partition coefficient (Wildman–Crippen LogP) is 3.13. The third kappa shape index (κ3) is 7.26. The first-order valence-corrected chi connectivity index (χ1v) is 11.6. The molecule has 0 heterocycles. The highest BCUT2D eigenvalue weighted by atomic mass is 32.2. The fraction of sp³-hybridized carbons (Fsp3) is 0.409. The normalized spacial score (nSPS) is 12.1. The first-order valence-electron chi connectivity index (χ1n) is 9.80. The summed E-state index contributed by atoms with van der Waals surface area (Å²) in [6, 6.07) is 14.3. The van der Waals surface area contributed by atoms with Crippen LogP contribution in [0.1, 0.15) is 25.3 Å². The highest BCUT2D eigenvalue weighted by molar-refractivity contribution is 7.92. The average Bonchev–Trinajstić information content (AvgIpc) is 2.70. The minimum Gasteiger partial charge on any atom is -0.497 e. The molecule has 2 rings (SSSR count). The van der Waals surface area contributed by atoms with Gasteiger partial charge in [0.1, 0.15) is 18.1 Å². The van der Waals surface area contributed by atoms with E-state index in [-0.39, 0.29) is 24.9 Å². The second-order valence-electron chi connectivity index (χ2n) is 7.18. The van der Waals surface area contributed by atoms with Crippen LogP contribution in [0.25, 0.3) is 0 Å². The van der Waals surface area contributed by atoms with E-state index in [9.17, 15) is 13.2 Å². The van der Waals surface area contributed by atoms with Crippen molar-refractivity contribution in [3.05, 3.63) is 54.1 Å². The summed E-state index contributed by atoms with van der Waals surface area (Å²) >= 11 is 0. The van der Waals surface area contributed by atoms with Gasteiger partial charge in [-0.3, -0.25) is 9.10 Å². The summed E-state index contributed by atoms with van der Waals surface area (Å²) in [4.78, 5) is 12.2. The van der Waals surface area contributed by atoms with Crippen LogP contribution in [0.15, 0.2) is 48.5 Å². The second-order valence-corrected chi connectivity index (χ2v) is 9.09. The Labute approximate surface area is 179 Å². The molecule has 0 saturated heterocycles. The number of benzene rings is 2. The van der Waals surface area contributed by atoms with Gasteiger partial charge in [0.05, 0.1) is 25.1 Å². The molecule has 164 valence electrons. The number of sulfonamides is 1. The maximum Gasteiger partial charge on any atom is 0.232 e. The van der Waals surface area contributed by atoms with Gasteiger partial charge in [0.2, 0.25) is 15.9 Å². The van der Waals surface area contributed by atoms with Crippen LogP contribution in [-0.4, -0.2) is 46.9 Å². The van der Waals surface area contributed by atoms with Crippen LogP contribution in [0.3, 0.4) is 0 Å². The van der Waals surface area contributed by atoms with E-state index in [1.165, 1.54) is 10.6 Å². The maximum absolute atomic E-state index is 12.2. The molecule has 1 unspecified atom stereocenters. The molecule has 2 aromatic carbocycles. The molecule has 8 heteroatoms. The third-order valence-corrected chi connectivity index (χ3v) is 5.70. The summed E-state index contributed by atoms with van der Waals surface area (Å²) in [6.07, 6.45) is 1.82. The Morgan fingerprint density at radius 2 is 1.73 bits per heavy atom. The number of aryl methyl sites for hydroxylation is 1. The monoisotopic (exact) mass is 434 g/mol. The lowest BCUT2D eigenvalue weighted by atomic mass is 10.2. The van der Waals surface area contributed by atoms with Gasteiger partial charge in [0.25, 0.3) is 0 Å². The first-order chi connectivity index (χ1) is 14.2. The van der Waals surface area contributed by atoms with Gasteiger partial charge in [0, 0.05) is 13.0 Å². The number of carbonyl (C=O) groups excluding carboxylic acids is 1. The number of hydrogen-bond acceptors (Lipinski definition) is 5. The van der Waals surface area contributed by atoms with Gasteiger partial charge < -0.3 is 14.8 Å². The van der Waals surface area contributed by atoms with Crippen molar-refractivity contribution in [1.29, 1.82) is 0 Å². The number of nitrogens with one attached hydrogen (secondary N) is 1. The van der Waals surface area contributed by atoms with Gasteiger partial charge in [-0.1, -0.05) is 18.2 Å². The number of ether oxygens (including phenoxy) is 2. The number of amides is 1.